The van der Waals surface area contributed by atoms with E-state index >= 15 is 0 Å². The molecule has 3 rings (SSSR count). The van der Waals surface area contributed by atoms with Crippen LogP contribution in [0.5, 0.6) is 0 Å². The second kappa shape index (κ2) is 7.59. The molecule has 1 saturated heterocycles. The van der Waals surface area contributed by atoms with Crippen molar-refractivity contribution in [3.63, 3.8) is 0 Å². The summed E-state index contributed by atoms with van der Waals surface area (Å²) in [4.78, 5) is 37.9. The number of imide groups is 1. The number of rotatable bonds is 6. The normalized spacial score (nSPS) is 19.1. The third-order valence-corrected chi connectivity index (χ3v) is 4.63. The number of nitrogens with zero attached hydrogens (tertiary/aromatic N) is 1. The van der Waals surface area contributed by atoms with Crippen molar-refractivity contribution in [2.45, 2.75) is 25.5 Å². The Morgan fingerprint density at radius 1 is 1.11 bits per heavy atom. The molecule has 0 radical (unpaired) electrons. The van der Waals surface area contributed by atoms with Crippen molar-refractivity contribution in [2.24, 2.45) is 0 Å². The highest BCUT2D eigenvalue weighted by molar-refractivity contribution is 6.09. The van der Waals surface area contributed by atoms with E-state index in [0.717, 1.165) is 10.6 Å². The maximum absolute atomic E-state index is 13.0. The first kappa shape index (κ1) is 18.6. The Bertz CT molecular complexity index is 851. The second-order valence-electron chi connectivity index (χ2n) is 6.27. The summed E-state index contributed by atoms with van der Waals surface area (Å²) in [5.74, 6) is -1.05. The van der Waals surface area contributed by atoms with Gasteiger partial charge in [-0.1, -0.05) is 49.4 Å². The smallest absolute Gasteiger partial charge is 0.344 e. The van der Waals surface area contributed by atoms with Gasteiger partial charge in [-0.15, -0.1) is 0 Å². The van der Waals surface area contributed by atoms with E-state index in [0.29, 0.717) is 24.2 Å². The van der Waals surface area contributed by atoms with Crippen LogP contribution in [0.3, 0.4) is 0 Å². The Morgan fingerprint density at radius 3 is 2.37 bits per heavy atom. The molecule has 0 unspecified atom stereocenters. The van der Waals surface area contributed by atoms with Gasteiger partial charge in [-0.25, -0.2) is 4.79 Å². The van der Waals surface area contributed by atoms with Gasteiger partial charge in [0.25, 0.3) is 11.8 Å². The Kier molecular flexibility index (Phi) is 5.23. The SMILES string of the molecule is CC[C@@]1(c2ccccc2)NC(=O)N(NC(=O)c2ccc(COC)cc2)C1=O. The quantitative estimate of drug-likeness (QED) is 0.767. The van der Waals surface area contributed by atoms with E-state index in [4.69, 9.17) is 4.74 Å². The van der Waals surface area contributed by atoms with Crippen LogP contribution in [0.25, 0.3) is 0 Å². The number of carbonyl (C=O) groups excluding carboxylic acids is 3. The summed E-state index contributed by atoms with van der Waals surface area (Å²) in [7, 11) is 1.59. The van der Waals surface area contributed by atoms with Crippen LogP contribution in [0.2, 0.25) is 0 Å². The molecule has 140 valence electrons. The molecule has 0 spiro atoms. The van der Waals surface area contributed by atoms with Crippen LogP contribution in [-0.2, 0) is 21.7 Å². The summed E-state index contributed by atoms with van der Waals surface area (Å²) < 4.78 is 5.03. The summed E-state index contributed by atoms with van der Waals surface area (Å²) in [5.41, 5.74) is 3.14. The second-order valence-corrected chi connectivity index (χ2v) is 6.27. The number of nitrogens with one attached hydrogen (secondary N) is 2. The molecule has 0 bridgehead atoms. The summed E-state index contributed by atoms with van der Waals surface area (Å²) in [6.45, 7) is 2.25. The molecule has 7 heteroatoms. The number of hydrazine groups is 1. The number of methoxy groups -OCH3 is 1. The highest BCUT2D eigenvalue weighted by Gasteiger charge is 2.52. The molecule has 4 amide bonds. The first-order valence-electron chi connectivity index (χ1n) is 8.63. The highest BCUT2D eigenvalue weighted by atomic mass is 16.5. The fraction of sp³-hybridized carbons (Fsp3) is 0.250. The maximum atomic E-state index is 13.0. The molecule has 0 aliphatic carbocycles. The molecule has 1 aliphatic rings. The lowest BCUT2D eigenvalue weighted by Gasteiger charge is -2.25. The summed E-state index contributed by atoms with van der Waals surface area (Å²) in [6.07, 6.45) is 0.361. The van der Waals surface area contributed by atoms with Crippen molar-refractivity contribution in [2.75, 3.05) is 7.11 Å². The number of urea groups is 1. The van der Waals surface area contributed by atoms with Gasteiger partial charge in [-0.3, -0.25) is 15.0 Å². The maximum Gasteiger partial charge on any atom is 0.344 e. The van der Waals surface area contributed by atoms with E-state index in [2.05, 4.69) is 10.7 Å². The Labute approximate surface area is 157 Å². The average molecular weight is 367 g/mol. The topological polar surface area (TPSA) is 87.7 Å². The number of benzene rings is 2. The third kappa shape index (κ3) is 3.41. The molecular formula is C20H21N3O4. The Morgan fingerprint density at radius 2 is 1.78 bits per heavy atom. The van der Waals surface area contributed by atoms with Crippen molar-refractivity contribution in [3.05, 3.63) is 71.3 Å². The molecule has 2 aromatic carbocycles. The van der Waals surface area contributed by atoms with E-state index in [-0.39, 0.29) is 0 Å². The molecule has 1 fully saturated rings. The van der Waals surface area contributed by atoms with Crippen molar-refractivity contribution in [1.82, 2.24) is 15.8 Å². The molecule has 7 nitrogen and oxygen atoms in total. The van der Waals surface area contributed by atoms with Crippen LogP contribution in [0.15, 0.2) is 54.6 Å². The van der Waals surface area contributed by atoms with Gasteiger partial charge in [0.1, 0.15) is 5.54 Å². The summed E-state index contributed by atoms with van der Waals surface area (Å²) >= 11 is 0. The summed E-state index contributed by atoms with van der Waals surface area (Å²) in [5, 5.41) is 3.47. The van der Waals surface area contributed by atoms with E-state index in [1.165, 1.54) is 0 Å². The van der Waals surface area contributed by atoms with Crippen LogP contribution in [0, 0.1) is 0 Å². The largest absolute Gasteiger partial charge is 0.380 e. The molecular weight excluding hydrogens is 346 g/mol. The fourth-order valence-electron chi connectivity index (χ4n) is 3.12. The molecule has 27 heavy (non-hydrogen) atoms. The Hall–Kier alpha value is -3.19. The van der Waals surface area contributed by atoms with Gasteiger partial charge in [0.05, 0.1) is 6.61 Å². The zero-order chi connectivity index (χ0) is 19.4. The minimum absolute atomic E-state index is 0.337. The molecule has 2 aromatic rings. The predicted octanol–water partition coefficient (Wildman–Crippen LogP) is 2.34. The molecule has 0 saturated carbocycles. The number of hydrogen-bond donors (Lipinski definition) is 2. The van der Waals surface area contributed by atoms with Gasteiger partial charge in [-0.2, -0.15) is 5.01 Å². The lowest BCUT2D eigenvalue weighted by molar-refractivity contribution is -0.133. The minimum atomic E-state index is -1.19. The van der Waals surface area contributed by atoms with Gasteiger partial charge < -0.3 is 10.1 Å². The number of carbonyl (C=O) groups is 3. The molecule has 0 aromatic heterocycles. The Balaban J connectivity index is 1.80. The fourth-order valence-corrected chi connectivity index (χ4v) is 3.12. The number of hydrogen-bond acceptors (Lipinski definition) is 4. The predicted molar refractivity (Wildman–Crippen MR) is 98.4 cm³/mol. The van der Waals surface area contributed by atoms with Gasteiger partial charge in [-0.05, 0) is 29.7 Å². The highest BCUT2D eigenvalue weighted by Crippen LogP contribution is 2.31. The van der Waals surface area contributed by atoms with E-state index < -0.39 is 23.4 Å². The first-order valence-corrected chi connectivity index (χ1v) is 8.63. The van der Waals surface area contributed by atoms with Crippen LogP contribution < -0.4 is 10.7 Å². The van der Waals surface area contributed by atoms with Crippen molar-refractivity contribution < 1.29 is 19.1 Å². The van der Waals surface area contributed by atoms with Crippen LogP contribution in [-0.4, -0.2) is 30.0 Å². The molecule has 2 N–H and O–H groups in total. The van der Waals surface area contributed by atoms with Gasteiger partial charge in [0.15, 0.2) is 0 Å². The monoisotopic (exact) mass is 367 g/mol. The van der Waals surface area contributed by atoms with E-state index in [1.54, 1.807) is 55.6 Å². The zero-order valence-corrected chi connectivity index (χ0v) is 15.2. The van der Waals surface area contributed by atoms with Crippen molar-refractivity contribution in [3.8, 4) is 0 Å². The van der Waals surface area contributed by atoms with Crippen molar-refractivity contribution in [1.29, 1.82) is 0 Å². The standard InChI is InChI=1S/C20H21N3O4/c1-3-20(16-7-5-4-6-8-16)18(25)23(19(26)21-20)22-17(24)15-11-9-14(10-12-15)13-27-2/h4-12H,3,13H2,1-2H3,(H,21,26)(H,22,24)/t20-/m0/s1. The zero-order valence-electron chi connectivity index (χ0n) is 15.2. The van der Waals surface area contributed by atoms with Crippen LogP contribution in [0.1, 0.15) is 34.8 Å². The van der Waals surface area contributed by atoms with Crippen LogP contribution >= 0.6 is 0 Å². The average Bonchev–Trinajstić information content (AvgIpc) is 2.94. The van der Waals surface area contributed by atoms with Gasteiger partial charge in [0, 0.05) is 12.7 Å². The van der Waals surface area contributed by atoms with E-state index in [9.17, 15) is 14.4 Å². The number of ether oxygens (including phenoxy) is 1. The van der Waals surface area contributed by atoms with Gasteiger partial charge in [0.2, 0.25) is 0 Å². The first-order chi connectivity index (χ1) is 13.0. The molecule has 1 heterocycles. The van der Waals surface area contributed by atoms with Gasteiger partial charge >= 0.3 is 6.03 Å². The molecule has 1 aliphatic heterocycles. The number of amides is 4. The summed E-state index contributed by atoms with van der Waals surface area (Å²) in [6, 6.07) is 15.1. The van der Waals surface area contributed by atoms with Crippen LogP contribution in [0.4, 0.5) is 4.79 Å². The minimum Gasteiger partial charge on any atom is -0.380 e. The van der Waals surface area contributed by atoms with Crippen molar-refractivity contribution >= 4 is 17.8 Å². The lowest BCUT2D eigenvalue weighted by atomic mass is 9.87. The lowest BCUT2D eigenvalue weighted by Crippen LogP contribution is -2.48. The third-order valence-electron chi connectivity index (χ3n) is 4.63. The molecule has 1 atom stereocenters. The van der Waals surface area contributed by atoms with E-state index in [1.807, 2.05) is 13.0 Å².